The van der Waals surface area contributed by atoms with E-state index in [-0.39, 0.29) is 11.8 Å². The molecule has 0 saturated heterocycles. The summed E-state index contributed by atoms with van der Waals surface area (Å²) < 4.78 is 19.8. The third-order valence-corrected chi connectivity index (χ3v) is 4.06. The van der Waals surface area contributed by atoms with Crippen LogP contribution in [-0.2, 0) is 0 Å². The van der Waals surface area contributed by atoms with Crippen molar-refractivity contribution in [3.05, 3.63) is 40.8 Å². The number of hydrogen-bond donors (Lipinski definition) is 3. The Hall–Kier alpha value is -3.07. The zero-order valence-electron chi connectivity index (χ0n) is 13.3. The standard InChI is InChI=1S/C16H13FN6OS/c1-7-19-5-9(6-20-7)24-16-22-14-12(15(25)23-16)10-3-8(17)4-11(18-2)13(10)21-14/h3-6,18H,1-2H3,(H2,21,22,23,25). The highest BCUT2D eigenvalue weighted by Gasteiger charge is 2.14. The Morgan fingerprint density at radius 1 is 1.20 bits per heavy atom. The number of benzene rings is 1. The molecule has 0 fully saturated rings. The van der Waals surface area contributed by atoms with Gasteiger partial charge in [-0.3, -0.25) is 4.98 Å². The van der Waals surface area contributed by atoms with Gasteiger partial charge in [-0.15, -0.1) is 0 Å². The second kappa shape index (κ2) is 5.78. The maximum Gasteiger partial charge on any atom is 0.302 e. The van der Waals surface area contributed by atoms with Crippen LogP contribution in [0.1, 0.15) is 5.82 Å². The Labute approximate surface area is 146 Å². The van der Waals surface area contributed by atoms with E-state index in [1.165, 1.54) is 12.1 Å². The zero-order chi connectivity index (χ0) is 17.6. The van der Waals surface area contributed by atoms with Gasteiger partial charge in [0.1, 0.15) is 21.9 Å². The summed E-state index contributed by atoms with van der Waals surface area (Å²) in [6.07, 6.45) is 3.09. The van der Waals surface area contributed by atoms with Gasteiger partial charge in [-0.1, -0.05) is 12.2 Å². The Balaban J connectivity index is 1.88. The lowest BCUT2D eigenvalue weighted by atomic mass is 10.2. The van der Waals surface area contributed by atoms with E-state index in [2.05, 4.69) is 30.2 Å². The number of ether oxygens (including phenoxy) is 1. The van der Waals surface area contributed by atoms with Gasteiger partial charge in [-0.05, 0) is 19.1 Å². The number of aryl methyl sites for hydroxylation is 1. The van der Waals surface area contributed by atoms with Crippen molar-refractivity contribution in [1.82, 2.24) is 24.9 Å². The van der Waals surface area contributed by atoms with Crippen molar-refractivity contribution in [1.29, 1.82) is 0 Å². The number of nitrogens with zero attached hydrogens (tertiary/aromatic N) is 3. The number of H-pyrrole nitrogens is 2. The average Bonchev–Trinajstić information content (AvgIpc) is 2.95. The van der Waals surface area contributed by atoms with Crippen LogP contribution in [0.4, 0.5) is 10.1 Å². The highest BCUT2D eigenvalue weighted by atomic mass is 32.1. The van der Waals surface area contributed by atoms with Gasteiger partial charge in [0.05, 0.1) is 29.0 Å². The smallest absolute Gasteiger partial charge is 0.302 e. The van der Waals surface area contributed by atoms with E-state index in [0.29, 0.717) is 38.3 Å². The molecule has 0 atom stereocenters. The molecular weight excluding hydrogens is 343 g/mol. The minimum Gasteiger partial charge on any atom is -0.422 e. The zero-order valence-corrected chi connectivity index (χ0v) is 14.2. The maximum absolute atomic E-state index is 13.9. The van der Waals surface area contributed by atoms with E-state index >= 15 is 0 Å². The molecule has 7 nitrogen and oxygen atoms in total. The van der Waals surface area contributed by atoms with Gasteiger partial charge in [0.15, 0.2) is 5.75 Å². The molecule has 9 heteroatoms. The molecular formula is C16H13FN6OS. The summed E-state index contributed by atoms with van der Waals surface area (Å²) in [5.74, 6) is 0.714. The highest BCUT2D eigenvalue weighted by Crippen LogP contribution is 2.32. The number of nitrogens with one attached hydrogen (secondary N) is 3. The van der Waals surface area contributed by atoms with Crippen LogP contribution in [-0.4, -0.2) is 32.0 Å². The molecule has 0 aliphatic heterocycles. The van der Waals surface area contributed by atoms with Crippen molar-refractivity contribution in [3.8, 4) is 11.8 Å². The molecule has 0 aliphatic carbocycles. The van der Waals surface area contributed by atoms with Crippen LogP contribution in [0, 0.1) is 17.4 Å². The molecule has 4 aromatic rings. The first-order chi connectivity index (χ1) is 12.0. The molecule has 0 saturated carbocycles. The summed E-state index contributed by atoms with van der Waals surface area (Å²) in [5, 5.41) is 4.25. The minimum atomic E-state index is -0.357. The minimum absolute atomic E-state index is 0.197. The lowest BCUT2D eigenvalue weighted by molar-refractivity contribution is 0.438. The van der Waals surface area contributed by atoms with Crippen LogP contribution in [0.15, 0.2) is 24.5 Å². The molecule has 0 radical (unpaired) electrons. The van der Waals surface area contributed by atoms with Crippen LogP contribution in [0.25, 0.3) is 21.9 Å². The fourth-order valence-corrected chi connectivity index (χ4v) is 2.95. The number of fused-ring (bicyclic) bond motifs is 3. The first kappa shape index (κ1) is 15.5. The Bertz CT molecular complexity index is 1150. The summed E-state index contributed by atoms with van der Waals surface area (Å²) in [4.78, 5) is 18.6. The van der Waals surface area contributed by atoms with Crippen LogP contribution in [0.5, 0.6) is 11.8 Å². The topological polar surface area (TPSA) is 91.5 Å². The normalized spacial score (nSPS) is 11.2. The van der Waals surface area contributed by atoms with Crippen molar-refractivity contribution >= 4 is 39.8 Å². The SMILES string of the molecule is CNc1cc(F)cc2c1[nH]c1[nH]c(Oc3cnc(C)nc3)nc(=S)c12. The summed E-state index contributed by atoms with van der Waals surface area (Å²) in [7, 11) is 1.72. The Kier molecular flexibility index (Phi) is 3.57. The fraction of sp³-hybridized carbons (Fsp3) is 0.125. The Morgan fingerprint density at radius 2 is 1.96 bits per heavy atom. The van der Waals surface area contributed by atoms with Gasteiger partial charge in [-0.25, -0.2) is 14.4 Å². The second-order valence-corrected chi connectivity index (χ2v) is 5.80. The summed E-state index contributed by atoms with van der Waals surface area (Å²) in [6, 6.07) is 3.03. The number of aromatic amines is 2. The maximum atomic E-state index is 13.9. The molecule has 3 heterocycles. The fourth-order valence-electron chi connectivity index (χ4n) is 2.65. The predicted molar refractivity (Wildman–Crippen MR) is 95.1 cm³/mol. The number of hydrogen-bond acceptors (Lipinski definition) is 6. The van der Waals surface area contributed by atoms with Crippen molar-refractivity contribution in [2.24, 2.45) is 0 Å². The highest BCUT2D eigenvalue weighted by molar-refractivity contribution is 7.71. The molecule has 0 amide bonds. The predicted octanol–water partition coefficient (Wildman–Crippen LogP) is 3.85. The molecule has 4 rings (SSSR count). The van der Waals surface area contributed by atoms with Crippen molar-refractivity contribution in [2.75, 3.05) is 12.4 Å². The first-order valence-electron chi connectivity index (χ1n) is 7.44. The van der Waals surface area contributed by atoms with Gasteiger partial charge in [0.25, 0.3) is 0 Å². The first-order valence-corrected chi connectivity index (χ1v) is 7.85. The van der Waals surface area contributed by atoms with Crippen LogP contribution < -0.4 is 10.1 Å². The van der Waals surface area contributed by atoms with Crippen LogP contribution >= 0.6 is 12.2 Å². The molecule has 3 aromatic heterocycles. The van der Waals surface area contributed by atoms with Gasteiger partial charge in [0, 0.05) is 12.4 Å². The average molecular weight is 356 g/mol. The molecule has 25 heavy (non-hydrogen) atoms. The number of aromatic nitrogens is 5. The van der Waals surface area contributed by atoms with E-state index in [9.17, 15) is 4.39 Å². The molecule has 3 N–H and O–H groups in total. The molecule has 0 spiro atoms. The monoisotopic (exact) mass is 356 g/mol. The van der Waals surface area contributed by atoms with Gasteiger partial charge in [-0.2, -0.15) is 4.98 Å². The van der Waals surface area contributed by atoms with Crippen molar-refractivity contribution < 1.29 is 9.13 Å². The lowest BCUT2D eigenvalue weighted by Crippen LogP contribution is -1.95. The molecule has 1 aromatic carbocycles. The summed E-state index contributed by atoms with van der Waals surface area (Å²) in [5.41, 5.74) is 1.96. The lowest BCUT2D eigenvalue weighted by Gasteiger charge is -2.04. The molecule has 126 valence electrons. The second-order valence-electron chi connectivity index (χ2n) is 5.42. The molecule has 0 aliphatic rings. The summed E-state index contributed by atoms with van der Waals surface area (Å²) >= 11 is 5.38. The summed E-state index contributed by atoms with van der Waals surface area (Å²) in [6.45, 7) is 1.78. The van der Waals surface area contributed by atoms with E-state index in [1.807, 2.05) is 0 Å². The molecule has 0 bridgehead atoms. The largest absolute Gasteiger partial charge is 0.422 e. The van der Waals surface area contributed by atoms with E-state index < -0.39 is 0 Å². The van der Waals surface area contributed by atoms with E-state index in [4.69, 9.17) is 17.0 Å². The van der Waals surface area contributed by atoms with Crippen LogP contribution in [0.2, 0.25) is 0 Å². The van der Waals surface area contributed by atoms with Crippen molar-refractivity contribution in [2.45, 2.75) is 6.92 Å². The number of rotatable bonds is 3. The van der Waals surface area contributed by atoms with Gasteiger partial charge < -0.3 is 15.0 Å². The van der Waals surface area contributed by atoms with Crippen LogP contribution in [0.3, 0.4) is 0 Å². The number of anilines is 1. The Morgan fingerprint density at radius 3 is 2.68 bits per heavy atom. The third kappa shape index (κ3) is 2.68. The number of halogens is 1. The molecule has 0 unspecified atom stereocenters. The van der Waals surface area contributed by atoms with Gasteiger partial charge in [0.2, 0.25) is 0 Å². The van der Waals surface area contributed by atoms with Crippen molar-refractivity contribution in [3.63, 3.8) is 0 Å². The van der Waals surface area contributed by atoms with E-state index in [1.54, 1.807) is 26.4 Å². The quantitative estimate of drug-likeness (QED) is 0.483. The van der Waals surface area contributed by atoms with E-state index in [0.717, 1.165) is 5.52 Å². The van der Waals surface area contributed by atoms with Gasteiger partial charge >= 0.3 is 6.01 Å². The third-order valence-electron chi connectivity index (χ3n) is 3.76.